The van der Waals surface area contributed by atoms with Crippen molar-refractivity contribution in [2.45, 2.75) is 148 Å². The summed E-state index contributed by atoms with van der Waals surface area (Å²) in [6.07, 6.45) is 11.8. The lowest BCUT2D eigenvalue weighted by atomic mass is 9.85. The van der Waals surface area contributed by atoms with Gasteiger partial charge in [-0.2, -0.15) is 0 Å². The quantitative estimate of drug-likeness (QED) is 0.0981. The number of methoxy groups -OCH3 is 1. The molecule has 1 aliphatic carbocycles. The minimum absolute atomic E-state index is 0.0984. The number of unbranched alkanes of at least 4 members (excludes halogenated alkanes) is 3. The van der Waals surface area contributed by atoms with Crippen LogP contribution in [0.5, 0.6) is 0 Å². The number of hydrogen-bond donors (Lipinski definition) is 0. The fraction of sp³-hybridized carbons (Fsp3) is 0.897. The second kappa shape index (κ2) is 13.4. The van der Waals surface area contributed by atoms with Crippen LogP contribution in [0.4, 0.5) is 0 Å². The van der Waals surface area contributed by atoms with E-state index in [-0.39, 0.29) is 28.3 Å². The average molecular weight is 527 g/mol. The molecule has 0 amide bonds. The second-order valence-corrected chi connectivity index (χ2v) is 23.3. The summed E-state index contributed by atoms with van der Waals surface area (Å²) in [6.45, 7) is 27.6. The predicted octanol–water partition coefficient (Wildman–Crippen LogP) is 8.88. The van der Waals surface area contributed by atoms with Crippen LogP contribution in [-0.4, -0.2) is 41.9 Å². The normalized spacial score (nSPS) is 24.0. The van der Waals surface area contributed by atoms with Gasteiger partial charge in [-0.25, -0.2) is 0 Å². The fourth-order valence-electron chi connectivity index (χ4n) is 4.73. The maximum absolute atomic E-state index is 11.4. The highest BCUT2D eigenvalue weighted by molar-refractivity contribution is 6.74. The molecule has 0 saturated heterocycles. The molecule has 206 valence electrons. The molecular weight excluding hydrogens is 468 g/mol. The van der Waals surface area contributed by atoms with Crippen LogP contribution in [0.1, 0.15) is 99.3 Å². The molecule has 0 aromatic heterocycles. The number of allylic oxidation sites excluding steroid dienone is 1. The number of ether oxygens (including phenoxy) is 1. The summed E-state index contributed by atoms with van der Waals surface area (Å²) in [5, 5.41) is 0.393. The smallest absolute Gasteiger partial charge is 0.305 e. The van der Waals surface area contributed by atoms with Crippen LogP contribution in [-0.2, 0) is 18.4 Å². The first kappa shape index (κ1) is 32.6. The van der Waals surface area contributed by atoms with Crippen LogP contribution in [0.2, 0.25) is 36.3 Å². The molecule has 1 fully saturated rings. The van der Waals surface area contributed by atoms with Crippen molar-refractivity contribution < 1.29 is 18.4 Å². The summed E-state index contributed by atoms with van der Waals surface area (Å²) in [6, 6.07) is 0. The Kier molecular flexibility index (Phi) is 12.5. The SMILES string of the molecule is C=CCCC1C(O[Si](C)(C)C(C)(C)C)CC(O[Si](C)(C)C(C)(C)C)[C@@H]1CCCCCCC(=O)OC. The summed E-state index contributed by atoms with van der Waals surface area (Å²) >= 11 is 0. The van der Waals surface area contributed by atoms with Crippen LogP contribution in [0, 0.1) is 11.8 Å². The predicted molar refractivity (Wildman–Crippen MR) is 155 cm³/mol. The highest BCUT2D eigenvalue weighted by Gasteiger charge is 2.50. The molecule has 6 heteroatoms. The van der Waals surface area contributed by atoms with Crippen molar-refractivity contribution in [3.63, 3.8) is 0 Å². The lowest BCUT2D eigenvalue weighted by Gasteiger charge is -2.40. The molecule has 0 bridgehead atoms. The first-order chi connectivity index (χ1) is 16.0. The summed E-state index contributed by atoms with van der Waals surface area (Å²) in [7, 11) is -2.30. The van der Waals surface area contributed by atoms with Crippen molar-refractivity contribution in [1.29, 1.82) is 0 Å². The Hall–Kier alpha value is -0.436. The van der Waals surface area contributed by atoms with E-state index in [0.29, 0.717) is 18.3 Å². The topological polar surface area (TPSA) is 44.8 Å². The van der Waals surface area contributed by atoms with Gasteiger partial charge >= 0.3 is 5.97 Å². The third kappa shape index (κ3) is 9.75. The van der Waals surface area contributed by atoms with E-state index < -0.39 is 16.6 Å². The highest BCUT2D eigenvalue weighted by atomic mass is 28.4. The van der Waals surface area contributed by atoms with Gasteiger partial charge in [-0.3, -0.25) is 4.79 Å². The van der Waals surface area contributed by atoms with Crippen molar-refractivity contribution in [3.05, 3.63) is 12.7 Å². The number of rotatable bonds is 14. The van der Waals surface area contributed by atoms with Gasteiger partial charge < -0.3 is 13.6 Å². The number of esters is 1. The number of hydrogen-bond acceptors (Lipinski definition) is 4. The van der Waals surface area contributed by atoms with Crippen molar-refractivity contribution in [1.82, 2.24) is 0 Å². The first-order valence-corrected chi connectivity index (χ1v) is 19.8. The molecule has 1 saturated carbocycles. The summed E-state index contributed by atoms with van der Waals surface area (Å²) < 4.78 is 19.0. The van der Waals surface area contributed by atoms with Gasteiger partial charge in [0.05, 0.1) is 19.3 Å². The molecule has 0 radical (unpaired) electrons. The summed E-state index contributed by atoms with van der Waals surface area (Å²) in [5.74, 6) is 0.949. The van der Waals surface area contributed by atoms with E-state index in [2.05, 4.69) is 80.4 Å². The Bertz CT molecular complexity index is 661. The third-order valence-corrected chi connectivity index (χ3v) is 18.1. The van der Waals surface area contributed by atoms with Crippen LogP contribution in [0.25, 0.3) is 0 Å². The zero-order valence-electron chi connectivity index (χ0n) is 25.1. The van der Waals surface area contributed by atoms with E-state index in [1.165, 1.54) is 20.0 Å². The molecule has 3 unspecified atom stereocenters. The van der Waals surface area contributed by atoms with Gasteiger partial charge in [0.2, 0.25) is 0 Å². The molecule has 0 N–H and O–H groups in total. The molecule has 1 rings (SSSR count). The first-order valence-electron chi connectivity index (χ1n) is 14.0. The molecule has 1 aliphatic rings. The highest BCUT2D eigenvalue weighted by Crippen LogP contribution is 2.48. The van der Waals surface area contributed by atoms with Crippen molar-refractivity contribution in [2.24, 2.45) is 11.8 Å². The molecule has 0 aromatic carbocycles. The van der Waals surface area contributed by atoms with E-state index in [0.717, 1.165) is 38.5 Å². The van der Waals surface area contributed by atoms with Gasteiger partial charge in [0.25, 0.3) is 0 Å². The molecule has 0 aliphatic heterocycles. The Morgan fingerprint density at radius 1 is 0.829 bits per heavy atom. The molecular formula is C29H58O4Si2. The van der Waals surface area contributed by atoms with Crippen LogP contribution in [0.15, 0.2) is 12.7 Å². The third-order valence-electron chi connectivity index (χ3n) is 9.07. The zero-order chi connectivity index (χ0) is 27.1. The van der Waals surface area contributed by atoms with E-state index >= 15 is 0 Å². The minimum atomic E-state index is -1.89. The van der Waals surface area contributed by atoms with Gasteiger partial charge in [0.1, 0.15) is 0 Å². The summed E-state index contributed by atoms with van der Waals surface area (Å²) in [5.41, 5.74) is 0. The van der Waals surface area contributed by atoms with Gasteiger partial charge in [0, 0.05) is 6.42 Å². The fourth-order valence-corrected chi connectivity index (χ4v) is 7.49. The van der Waals surface area contributed by atoms with Crippen LogP contribution >= 0.6 is 0 Å². The van der Waals surface area contributed by atoms with E-state index in [4.69, 9.17) is 13.6 Å². The maximum atomic E-state index is 11.4. The Morgan fingerprint density at radius 3 is 1.71 bits per heavy atom. The molecule has 0 spiro atoms. The largest absolute Gasteiger partial charge is 0.469 e. The molecule has 0 heterocycles. The molecule has 4 nitrogen and oxygen atoms in total. The molecule has 0 aromatic rings. The summed E-state index contributed by atoms with van der Waals surface area (Å²) in [4.78, 5) is 11.4. The second-order valence-electron chi connectivity index (χ2n) is 13.8. The number of carbonyl (C=O) groups is 1. The van der Waals surface area contributed by atoms with Crippen LogP contribution in [0.3, 0.4) is 0 Å². The maximum Gasteiger partial charge on any atom is 0.305 e. The minimum Gasteiger partial charge on any atom is -0.469 e. The standard InChI is InChI=1S/C29H58O4Si2/c1-13-14-19-23-24(20-17-15-16-18-21-27(30)31-8)26(33-35(11,12)29(5,6)7)22-25(23)32-34(9,10)28(2,3)4/h13,23-26H,1,14-22H2,2-12H3/t23?,24-,25?,26?/m1/s1. The van der Waals surface area contributed by atoms with E-state index in [1.54, 1.807) is 0 Å². The van der Waals surface area contributed by atoms with E-state index in [1.807, 2.05) is 0 Å². The lowest BCUT2D eigenvalue weighted by molar-refractivity contribution is -0.140. The van der Waals surface area contributed by atoms with Gasteiger partial charge in [-0.05, 0) is 80.2 Å². The molecule has 35 heavy (non-hydrogen) atoms. The molecule has 4 atom stereocenters. The monoisotopic (exact) mass is 526 g/mol. The average Bonchev–Trinajstić information content (AvgIpc) is 3.01. The van der Waals surface area contributed by atoms with E-state index in [9.17, 15) is 4.79 Å². The zero-order valence-corrected chi connectivity index (χ0v) is 27.1. The van der Waals surface area contributed by atoms with Crippen molar-refractivity contribution in [3.8, 4) is 0 Å². The Balaban J connectivity index is 3.06. The van der Waals surface area contributed by atoms with Gasteiger partial charge in [-0.15, -0.1) is 6.58 Å². The van der Waals surface area contributed by atoms with Gasteiger partial charge in [-0.1, -0.05) is 66.9 Å². The lowest BCUT2D eigenvalue weighted by Crippen LogP contribution is -2.45. The number of carbonyl (C=O) groups excluding carboxylic acids is 1. The van der Waals surface area contributed by atoms with Crippen LogP contribution < -0.4 is 0 Å². The Morgan fingerprint density at radius 2 is 1.29 bits per heavy atom. The van der Waals surface area contributed by atoms with Gasteiger partial charge in [0.15, 0.2) is 16.6 Å². The van der Waals surface area contributed by atoms with Crippen molar-refractivity contribution >= 4 is 22.6 Å². The Labute approximate surface area is 220 Å². The van der Waals surface area contributed by atoms with Crippen molar-refractivity contribution in [2.75, 3.05) is 7.11 Å².